The third-order valence-electron chi connectivity index (χ3n) is 5.12. The molecule has 0 saturated carbocycles. The molecule has 0 aliphatic heterocycles. The van der Waals surface area contributed by atoms with E-state index in [1.165, 1.54) is 6.07 Å². The highest BCUT2D eigenvalue weighted by Crippen LogP contribution is 2.26. The summed E-state index contributed by atoms with van der Waals surface area (Å²) in [7, 11) is 1.64. The van der Waals surface area contributed by atoms with Crippen molar-refractivity contribution < 1.29 is 13.9 Å². The molecule has 1 N–H and O–H groups in total. The lowest BCUT2D eigenvalue weighted by Gasteiger charge is -2.08. The Morgan fingerprint density at radius 3 is 2.68 bits per heavy atom. The Labute approximate surface area is 179 Å². The summed E-state index contributed by atoms with van der Waals surface area (Å²) in [4.78, 5) is 21.4. The van der Waals surface area contributed by atoms with Crippen LogP contribution in [0.5, 0.6) is 0 Å². The second kappa shape index (κ2) is 9.06. The van der Waals surface area contributed by atoms with Crippen LogP contribution in [-0.2, 0) is 4.74 Å². The van der Waals surface area contributed by atoms with Crippen LogP contribution in [0.4, 0.5) is 4.39 Å². The fraction of sp³-hybridized carbons (Fsp3) is 0.208. The quantitative estimate of drug-likeness (QED) is 0.454. The Hall–Kier alpha value is -3.58. The van der Waals surface area contributed by atoms with Gasteiger partial charge in [-0.2, -0.15) is 0 Å². The highest BCUT2D eigenvalue weighted by atomic mass is 19.1. The van der Waals surface area contributed by atoms with E-state index in [-0.39, 0.29) is 11.7 Å². The van der Waals surface area contributed by atoms with E-state index in [2.05, 4.69) is 15.3 Å². The molecule has 2 aromatic heterocycles. The van der Waals surface area contributed by atoms with Crippen molar-refractivity contribution in [2.75, 3.05) is 20.3 Å². The zero-order valence-electron chi connectivity index (χ0n) is 17.4. The number of aryl methyl sites for hydroxylation is 1. The van der Waals surface area contributed by atoms with Gasteiger partial charge in [0, 0.05) is 60.9 Å². The lowest BCUT2D eigenvalue weighted by atomic mass is 10.1. The number of benzene rings is 2. The molecular weight excluding hydrogens is 395 g/mol. The summed E-state index contributed by atoms with van der Waals surface area (Å²) in [5.74, 6) is -0.00247. The lowest BCUT2D eigenvalue weighted by Crippen LogP contribution is -2.25. The first kappa shape index (κ1) is 20.7. The van der Waals surface area contributed by atoms with Crippen molar-refractivity contribution in [3.63, 3.8) is 0 Å². The van der Waals surface area contributed by atoms with Crippen molar-refractivity contribution in [3.05, 3.63) is 78.0 Å². The number of aromatic nitrogens is 3. The summed E-state index contributed by atoms with van der Waals surface area (Å²) in [6.07, 6.45) is 5.90. The number of fused-ring (bicyclic) bond motifs is 1. The SMILES string of the molecule is COCCCNC(=O)c1ccc2c(C)cn(-c3ncc(-c4ccccc4F)cn3)c2c1. The molecule has 1 amide bonds. The molecule has 0 aliphatic rings. The minimum Gasteiger partial charge on any atom is -0.385 e. The number of ether oxygens (including phenoxy) is 1. The molecular formula is C24H23FN4O2. The molecule has 0 aliphatic carbocycles. The van der Waals surface area contributed by atoms with E-state index in [1.807, 2.05) is 35.9 Å². The molecule has 31 heavy (non-hydrogen) atoms. The molecule has 7 heteroatoms. The van der Waals surface area contributed by atoms with Crippen LogP contribution in [0.25, 0.3) is 28.0 Å². The number of amides is 1. The number of hydrogen-bond acceptors (Lipinski definition) is 4. The van der Waals surface area contributed by atoms with Gasteiger partial charge in [0.15, 0.2) is 0 Å². The van der Waals surface area contributed by atoms with E-state index in [1.54, 1.807) is 37.7 Å². The van der Waals surface area contributed by atoms with Crippen LogP contribution in [0.2, 0.25) is 0 Å². The van der Waals surface area contributed by atoms with Crippen LogP contribution in [0.1, 0.15) is 22.3 Å². The second-order valence-electron chi connectivity index (χ2n) is 7.27. The summed E-state index contributed by atoms with van der Waals surface area (Å²) >= 11 is 0. The van der Waals surface area contributed by atoms with Crippen molar-refractivity contribution in [1.82, 2.24) is 19.9 Å². The lowest BCUT2D eigenvalue weighted by molar-refractivity contribution is 0.0948. The highest BCUT2D eigenvalue weighted by Gasteiger charge is 2.13. The van der Waals surface area contributed by atoms with E-state index in [4.69, 9.17) is 4.74 Å². The first-order chi connectivity index (χ1) is 15.1. The maximum absolute atomic E-state index is 14.1. The summed E-state index contributed by atoms with van der Waals surface area (Å²) in [6.45, 7) is 3.14. The Balaban J connectivity index is 1.64. The maximum atomic E-state index is 14.1. The highest BCUT2D eigenvalue weighted by molar-refractivity contribution is 5.99. The number of rotatable bonds is 7. The standard InChI is InChI=1S/C24H23FN4O2/c1-16-15-29(24-27-13-18(14-28-24)20-6-3-4-7-21(20)25)22-12-17(8-9-19(16)22)23(30)26-10-5-11-31-2/h3-4,6-9,12-15H,5,10-11H2,1-2H3,(H,26,30). The van der Waals surface area contributed by atoms with Gasteiger partial charge in [-0.25, -0.2) is 14.4 Å². The number of nitrogens with zero attached hydrogens (tertiary/aromatic N) is 3. The van der Waals surface area contributed by atoms with Gasteiger partial charge in [-0.3, -0.25) is 9.36 Å². The van der Waals surface area contributed by atoms with E-state index in [0.29, 0.717) is 35.8 Å². The topological polar surface area (TPSA) is 69.0 Å². The number of carbonyl (C=O) groups is 1. The average molecular weight is 418 g/mol. The molecule has 0 spiro atoms. The van der Waals surface area contributed by atoms with Crippen molar-refractivity contribution in [2.45, 2.75) is 13.3 Å². The summed E-state index contributed by atoms with van der Waals surface area (Å²) < 4.78 is 20.9. The number of hydrogen-bond donors (Lipinski definition) is 1. The first-order valence-corrected chi connectivity index (χ1v) is 10.0. The summed E-state index contributed by atoms with van der Waals surface area (Å²) in [6, 6.07) is 12.1. The van der Waals surface area contributed by atoms with Crippen molar-refractivity contribution >= 4 is 16.8 Å². The van der Waals surface area contributed by atoms with Gasteiger partial charge < -0.3 is 10.1 Å². The summed E-state index contributed by atoms with van der Waals surface area (Å²) in [5, 5.41) is 3.91. The first-order valence-electron chi connectivity index (χ1n) is 10.0. The van der Waals surface area contributed by atoms with Crippen LogP contribution in [0.15, 0.2) is 61.1 Å². The Morgan fingerprint density at radius 2 is 1.94 bits per heavy atom. The molecule has 4 aromatic rings. The Bertz CT molecular complexity index is 1220. The van der Waals surface area contributed by atoms with E-state index < -0.39 is 0 Å². The normalized spacial score (nSPS) is 11.1. The maximum Gasteiger partial charge on any atom is 0.251 e. The molecule has 2 aromatic carbocycles. The van der Waals surface area contributed by atoms with Gasteiger partial charge in [0.1, 0.15) is 5.82 Å². The van der Waals surface area contributed by atoms with E-state index >= 15 is 0 Å². The predicted octanol–water partition coefficient (Wildman–Crippen LogP) is 4.30. The fourth-order valence-corrected chi connectivity index (χ4v) is 3.50. The third-order valence-corrected chi connectivity index (χ3v) is 5.12. The minimum atomic E-state index is -0.317. The molecule has 0 atom stereocenters. The van der Waals surface area contributed by atoms with Gasteiger partial charge in [0.05, 0.1) is 5.52 Å². The molecule has 0 radical (unpaired) electrons. The van der Waals surface area contributed by atoms with Gasteiger partial charge in [0.2, 0.25) is 5.95 Å². The van der Waals surface area contributed by atoms with Crippen LogP contribution in [0, 0.1) is 12.7 Å². The van der Waals surface area contributed by atoms with Crippen LogP contribution in [0.3, 0.4) is 0 Å². The Morgan fingerprint density at radius 1 is 1.16 bits per heavy atom. The fourth-order valence-electron chi connectivity index (χ4n) is 3.50. The van der Waals surface area contributed by atoms with Crippen LogP contribution in [-0.4, -0.2) is 40.7 Å². The largest absolute Gasteiger partial charge is 0.385 e. The van der Waals surface area contributed by atoms with E-state index in [9.17, 15) is 9.18 Å². The average Bonchev–Trinajstić information content (AvgIpc) is 3.13. The molecule has 0 unspecified atom stereocenters. The van der Waals surface area contributed by atoms with Crippen LogP contribution >= 0.6 is 0 Å². The molecule has 0 bridgehead atoms. The molecule has 0 fully saturated rings. The molecule has 158 valence electrons. The number of methoxy groups -OCH3 is 1. The van der Waals surface area contributed by atoms with Crippen molar-refractivity contribution in [2.24, 2.45) is 0 Å². The monoisotopic (exact) mass is 418 g/mol. The summed E-state index contributed by atoms with van der Waals surface area (Å²) in [5.41, 5.74) is 3.50. The molecule has 4 rings (SSSR count). The molecule has 6 nitrogen and oxygen atoms in total. The van der Waals surface area contributed by atoms with Gasteiger partial charge in [-0.15, -0.1) is 0 Å². The Kier molecular flexibility index (Phi) is 6.04. The van der Waals surface area contributed by atoms with Gasteiger partial charge in [-0.1, -0.05) is 24.3 Å². The zero-order chi connectivity index (χ0) is 21.8. The predicted molar refractivity (Wildman–Crippen MR) is 118 cm³/mol. The zero-order valence-corrected chi connectivity index (χ0v) is 17.4. The van der Waals surface area contributed by atoms with Crippen LogP contribution < -0.4 is 5.32 Å². The van der Waals surface area contributed by atoms with E-state index in [0.717, 1.165) is 22.9 Å². The van der Waals surface area contributed by atoms with Gasteiger partial charge in [0.25, 0.3) is 5.91 Å². The van der Waals surface area contributed by atoms with Crippen molar-refractivity contribution in [1.29, 1.82) is 0 Å². The second-order valence-corrected chi connectivity index (χ2v) is 7.27. The molecule has 0 saturated heterocycles. The van der Waals surface area contributed by atoms with Crippen molar-refractivity contribution in [3.8, 4) is 17.1 Å². The van der Waals surface area contributed by atoms with Gasteiger partial charge >= 0.3 is 0 Å². The smallest absolute Gasteiger partial charge is 0.251 e. The minimum absolute atomic E-state index is 0.140. The number of nitrogens with one attached hydrogen (secondary N) is 1. The molecule has 2 heterocycles. The third kappa shape index (κ3) is 4.32. The number of carbonyl (C=O) groups excluding carboxylic acids is 1. The number of halogens is 1. The van der Waals surface area contributed by atoms with Gasteiger partial charge in [-0.05, 0) is 37.1 Å².